The standard InChI is InChI=1S/C28H31N7O/c29-14-19-7-8-20(30-15-19)13-23-24-9-11-28(24)25(23)17-34(28)27(36)10-12-33(21-3-1-4-21)16-22-5-2-6-26-31-18-32-35(22)26/h2,5-8,15,18,21,23-25H,1,3-4,9-13,16-17H2. The van der Waals surface area contributed by atoms with E-state index >= 15 is 0 Å². The minimum absolute atomic E-state index is 0.141. The molecule has 7 rings (SSSR count). The van der Waals surface area contributed by atoms with E-state index in [2.05, 4.69) is 37.0 Å². The SMILES string of the molecule is N#Cc1ccc(CC2C3CCC34C2CN4C(=O)CCN(Cc2cccc3ncnn23)C2CCC2)nc1. The predicted octanol–water partition coefficient (Wildman–Crippen LogP) is 3.22. The molecular weight excluding hydrogens is 450 g/mol. The van der Waals surface area contributed by atoms with Crippen LogP contribution in [0.2, 0.25) is 0 Å². The summed E-state index contributed by atoms with van der Waals surface area (Å²) in [6.07, 6.45) is 10.9. The van der Waals surface area contributed by atoms with Crippen LogP contribution in [0.5, 0.6) is 0 Å². The average molecular weight is 482 g/mol. The number of likely N-dealkylation sites (tertiary alicyclic amines) is 1. The Morgan fingerprint density at radius 1 is 1.17 bits per heavy atom. The van der Waals surface area contributed by atoms with Crippen LogP contribution in [0.1, 0.15) is 55.5 Å². The van der Waals surface area contributed by atoms with Crippen LogP contribution in [0.15, 0.2) is 42.9 Å². The fraction of sp³-hybridized carbons (Fsp3) is 0.536. The number of piperidine rings is 1. The molecule has 0 aromatic carbocycles. The van der Waals surface area contributed by atoms with Crippen molar-refractivity contribution in [1.29, 1.82) is 5.26 Å². The molecule has 184 valence electrons. The lowest BCUT2D eigenvalue weighted by Crippen LogP contribution is -2.87. The number of nitriles is 1. The highest BCUT2D eigenvalue weighted by molar-refractivity contribution is 5.79. The van der Waals surface area contributed by atoms with Crippen molar-refractivity contribution in [3.05, 3.63) is 59.8 Å². The Morgan fingerprint density at radius 2 is 2.08 bits per heavy atom. The van der Waals surface area contributed by atoms with Crippen molar-refractivity contribution in [2.24, 2.45) is 17.8 Å². The molecule has 4 unspecified atom stereocenters. The second kappa shape index (κ2) is 8.38. The summed E-state index contributed by atoms with van der Waals surface area (Å²) >= 11 is 0. The lowest BCUT2D eigenvalue weighted by Gasteiger charge is -2.79. The number of rotatable bonds is 8. The van der Waals surface area contributed by atoms with Gasteiger partial charge in [0, 0.05) is 49.9 Å². The largest absolute Gasteiger partial charge is 0.336 e. The van der Waals surface area contributed by atoms with Crippen molar-refractivity contribution in [2.45, 2.75) is 63.1 Å². The molecule has 4 fully saturated rings. The Labute approximate surface area is 210 Å². The van der Waals surface area contributed by atoms with Crippen LogP contribution in [0, 0.1) is 29.1 Å². The first-order chi connectivity index (χ1) is 17.7. The molecule has 3 aromatic heterocycles. The molecule has 0 radical (unpaired) electrons. The number of carbonyl (C=O) groups is 1. The van der Waals surface area contributed by atoms with Crippen LogP contribution in [0.3, 0.4) is 0 Å². The van der Waals surface area contributed by atoms with E-state index in [0.717, 1.165) is 49.5 Å². The molecule has 3 aromatic rings. The number of hydrogen-bond acceptors (Lipinski definition) is 6. The number of aromatic nitrogens is 4. The first-order valence-electron chi connectivity index (χ1n) is 13.3. The number of fused-ring (bicyclic) bond motifs is 1. The monoisotopic (exact) mass is 481 g/mol. The van der Waals surface area contributed by atoms with Gasteiger partial charge in [-0.1, -0.05) is 12.5 Å². The van der Waals surface area contributed by atoms with Crippen molar-refractivity contribution in [1.82, 2.24) is 29.4 Å². The molecule has 1 aliphatic heterocycles. The highest BCUT2D eigenvalue weighted by Crippen LogP contribution is 2.70. The van der Waals surface area contributed by atoms with Crippen LogP contribution < -0.4 is 0 Å². The molecule has 4 aliphatic rings. The Balaban J connectivity index is 0.985. The second-order valence-corrected chi connectivity index (χ2v) is 11.1. The molecule has 8 nitrogen and oxygen atoms in total. The third-order valence-corrected chi connectivity index (χ3v) is 9.70. The van der Waals surface area contributed by atoms with E-state index in [-0.39, 0.29) is 5.54 Å². The smallest absolute Gasteiger partial charge is 0.224 e. The van der Waals surface area contributed by atoms with Gasteiger partial charge in [0.05, 0.1) is 16.8 Å². The number of nitrogens with zero attached hydrogens (tertiary/aromatic N) is 7. The molecule has 1 spiro atoms. The van der Waals surface area contributed by atoms with Gasteiger partial charge in [-0.15, -0.1) is 0 Å². The highest BCUT2D eigenvalue weighted by atomic mass is 16.2. The molecular formula is C28H31N7O. The van der Waals surface area contributed by atoms with Crippen LogP contribution in [0.4, 0.5) is 0 Å². The van der Waals surface area contributed by atoms with E-state index in [9.17, 15) is 4.79 Å². The van der Waals surface area contributed by atoms with Gasteiger partial charge in [0.1, 0.15) is 12.4 Å². The maximum Gasteiger partial charge on any atom is 0.224 e. The van der Waals surface area contributed by atoms with Crippen molar-refractivity contribution in [2.75, 3.05) is 13.1 Å². The quantitative estimate of drug-likeness (QED) is 0.491. The van der Waals surface area contributed by atoms with Crippen LogP contribution in [-0.4, -0.2) is 60.0 Å². The van der Waals surface area contributed by atoms with Gasteiger partial charge < -0.3 is 4.90 Å². The number of pyridine rings is 2. The summed E-state index contributed by atoms with van der Waals surface area (Å²) in [5.74, 6) is 2.18. The van der Waals surface area contributed by atoms with Crippen LogP contribution in [0.25, 0.3) is 5.65 Å². The van der Waals surface area contributed by atoms with Gasteiger partial charge in [-0.3, -0.25) is 14.7 Å². The molecule has 1 saturated heterocycles. The van der Waals surface area contributed by atoms with Crippen molar-refractivity contribution in [3.63, 3.8) is 0 Å². The Bertz CT molecular complexity index is 1330. The van der Waals surface area contributed by atoms with Gasteiger partial charge in [-0.05, 0) is 68.2 Å². The molecule has 36 heavy (non-hydrogen) atoms. The van der Waals surface area contributed by atoms with Crippen molar-refractivity contribution >= 4 is 11.6 Å². The molecule has 8 heteroatoms. The van der Waals surface area contributed by atoms with E-state index in [1.807, 2.05) is 28.8 Å². The average Bonchev–Trinajstić information content (AvgIpc) is 3.30. The zero-order valence-electron chi connectivity index (χ0n) is 20.5. The number of carbonyl (C=O) groups excluding carboxylic acids is 1. The van der Waals surface area contributed by atoms with E-state index in [1.54, 1.807) is 12.5 Å². The molecule has 0 bridgehead atoms. The van der Waals surface area contributed by atoms with Gasteiger partial charge in [-0.2, -0.15) is 10.4 Å². The summed E-state index contributed by atoms with van der Waals surface area (Å²) in [4.78, 5) is 27.0. The van der Waals surface area contributed by atoms with E-state index < -0.39 is 0 Å². The minimum atomic E-state index is 0.141. The third-order valence-electron chi connectivity index (χ3n) is 9.70. The first-order valence-corrected chi connectivity index (χ1v) is 13.3. The highest BCUT2D eigenvalue weighted by Gasteiger charge is 2.75. The summed E-state index contributed by atoms with van der Waals surface area (Å²) in [5.41, 5.74) is 3.82. The molecule has 3 saturated carbocycles. The summed E-state index contributed by atoms with van der Waals surface area (Å²) < 4.78 is 1.92. The van der Waals surface area contributed by atoms with Crippen LogP contribution >= 0.6 is 0 Å². The zero-order chi connectivity index (χ0) is 24.3. The van der Waals surface area contributed by atoms with Gasteiger partial charge >= 0.3 is 0 Å². The summed E-state index contributed by atoms with van der Waals surface area (Å²) in [5, 5.41) is 13.4. The van der Waals surface area contributed by atoms with E-state index in [4.69, 9.17) is 5.26 Å². The summed E-state index contributed by atoms with van der Waals surface area (Å²) in [7, 11) is 0. The summed E-state index contributed by atoms with van der Waals surface area (Å²) in [6, 6.07) is 12.7. The third kappa shape index (κ3) is 3.22. The Hall–Kier alpha value is -3.31. The molecule has 3 aliphatic carbocycles. The van der Waals surface area contributed by atoms with Gasteiger partial charge in [-0.25, -0.2) is 9.50 Å². The van der Waals surface area contributed by atoms with E-state index in [0.29, 0.717) is 41.7 Å². The maximum absolute atomic E-state index is 13.4. The van der Waals surface area contributed by atoms with Crippen molar-refractivity contribution in [3.8, 4) is 6.07 Å². The second-order valence-electron chi connectivity index (χ2n) is 11.1. The Kier molecular flexibility index (Phi) is 5.10. The number of amides is 1. The topological polar surface area (TPSA) is 90.4 Å². The fourth-order valence-electron chi connectivity index (χ4n) is 7.48. The first kappa shape index (κ1) is 21.9. The Morgan fingerprint density at radius 3 is 2.78 bits per heavy atom. The van der Waals surface area contributed by atoms with Crippen LogP contribution in [-0.2, 0) is 17.8 Å². The van der Waals surface area contributed by atoms with E-state index in [1.165, 1.54) is 25.7 Å². The van der Waals surface area contributed by atoms with Gasteiger partial charge in [0.15, 0.2) is 5.65 Å². The lowest BCUT2D eigenvalue weighted by molar-refractivity contribution is -0.287. The molecule has 4 heterocycles. The zero-order valence-corrected chi connectivity index (χ0v) is 20.5. The van der Waals surface area contributed by atoms with Gasteiger partial charge in [0.25, 0.3) is 0 Å². The minimum Gasteiger partial charge on any atom is -0.336 e. The molecule has 0 N–H and O–H groups in total. The molecule has 1 amide bonds. The van der Waals surface area contributed by atoms with Gasteiger partial charge in [0.2, 0.25) is 5.91 Å². The summed E-state index contributed by atoms with van der Waals surface area (Å²) in [6.45, 7) is 2.50. The maximum atomic E-state index is 13.4. The predicted molar refractivity (Wildman–Crippen MR) is 132 cm³/mol. The number of hydrogen-bond donors (Lipinski definition) is 0. The van der Waals surface area contributed by atoms with Crippen molar-refractivity contribution < 1.29 is 4.79 Å². The lowest BCUT2D eigenvalue weighted by atomic mass is 9.36. The fourth-order valence-corrected chi connectivity index (χ4v) is 7.48. The normalized spacial score (nSPS) is 28.3. The molecule has 4 atom stereocenters.